The van der Waals surface area contributed by atoms with E-state index >= 15 is 0 Å². The van der Waals surface area contributed by atoms with Crippen molar-refractivity contribution in [3.05, 3.63) is 83.6 Å². The Hall–Kier alpha value is -2.61. The van der Waals surface area contributed by atoms with E-state index in [0.29, 0.717) is 0 Å². The SMILES string of the molecule is CCCCCCCCN1C(=CC=CC2=[N+](CCCCCCCC)c3ccccc3C2(C)C)C(C)(C)c2ccccc21. The fraction of sp³-hybridized carbons (Fsp3) is 0.564. The van der Waals surface area contributed by atoms with Gasteiger partial charge in [0.1, 0.15) is 6.54 Å². The van der Waals surface area contributed by atoms with Crippen LogP contribution >= 0.6 is 0 Å². The van der Waals surface area contributed by atoms with Crippen LogP contribution in [0, 0.1) is 0 Å². The zero-order valence-corrected chi connectivity index (χ0v) is 27.1. The second kappa shape index (κ2) is 14.5. The van der Waals surface area contributed by atoms with Crippen molar-refractivity contribution in [3.8, 4) is 0 Å². The van der Waals surface area contributed by atoms with E-state index in [4.69, 9.17) is 0 Å². The highest BCUT2D eigenvalue weighted by Crippen LogP contribution is 2.48. The normalized spacial score (nSPS) is 18.1. The van der Waals surface area contributed by atoms with E-state index in [0.717, 1.165) is 13.1 Å². The monoisotopic (exact) mass is 553 g/mol. The third-order valence-corrected chi connectivity index (χ3v) is 9.58. The first-order chi connectivity index (χ1) is 19.8. The molecule has 0 unspecified atom stereocenters. The minimum absolute atomic E-state index is 0.000143. The van der Waals surface area contributed by atoms with Gasteiger partial charge in [-0.2, -0.15) is 4.58 Å². The van der Waals surface area contributed by atoms with Crippen LogP contribution in [-0.4, -0.2) is 23.4 Å². The van der Waals surface area contributed by atoms with Gasteiger partial charge >= 0.3 is 0 Å². The van der Waals surface area contributed by atoms with Crippen LogP contribution < -0.4 is 4.90 Å². The molecule has 0 saturated carbocycles. The van der Waals surface area contributed by atoms with Gasteiger partial charge in [0.2, 0.25) is 5.69 Å². The molecule has 222 valence electrons. The Morgan fingerprint density at radius 3 is 1.95 bits per heavy atom. The largest absolute Gasteiger partial charge is 0.344 e. The van der Waals surface area contributed by atoms with Crippen LogP contribution in [0.1, 0.15) is 130 Å². The number of benzene rings is 2. The maximum Gasteiger partial charge on any atom is 0.209 e. The minimum atomic E-state index is 0.000143. The summed E-state index contributed by atoms with van der Waals surface area (Å²) in [6.07, 6.45) is 23.1. The molecule has 2 aliphatic rings. The van der Waals surface area contributed by atoms with Gasteiger partial charge in [0, 0.05) is 47.5 Å². The van der Waals surface area contributed by atoms with Gasteiger partial charge in [0.25, 0.3) is 0 Å². The Morgan fingerprint density at radius 1 is 0.659 bits per heavy atom. The van der Waals surface area contributed by atoms with E-state index in [1.54, 1.807) is 0 Å². The van der Waals surface area contributed by atoms with E-state index in [1.807, 2.05) is 0 Å². The van der Waals surface area contributed by atoms with Crippen LogP contribution in [-0.2, 0) is 10.8 Å². The van der Waals surface area contributed by atoms with Gasteiger partial charge in [-0.05, 0) is 44.4 Å². The fourth-order valence-electron chi connectivity index (χ4n) is 7.09. The molecule has 0 atom stereocenters. The maximum atomic E-state index is 2.62. The summed E-state index contributed by atoms with van der Waals surface area (Å²) in [5, 5.41) is 0. The summed E-state index contributed by atoms with van der Waals surface area (Å²) in [4.78, 5) is 2.62. The topological polar surface area (TPSA) is 6.25 Å². The molecule has 2 aromatic rings. The molecule has 0 bridgehead atoms. The molecule has 2 nitrogen and oxygen atoms in total. The Bertz CT molecular complexity index is 1230. The molecule has 2 aliphatic heterocycles. The highest BCUT2D eigenvalue weighted by molar-refractivity contribution is 6.03. The maximum absolute atomic E-state index is 2.62. The van der Waals surface area contributed by atoms with Crippen LogP contribution in [0.2, 0.25) is 0 Å². The number of allylic oxidation sites excluding steroid dienone is 4. The van der Waals surface area contributed by atoms with Crippen molar-refractivity contribution in [3.63, 3.8) is 0 Å². The first-order valence-corrected chi connectivity index (χ1v) is 16.8. The summed E-state index contributed by atoms with van der Waals surface area (Å²) in [7, 11) is 0. The molecule has 0 radical (unpaired) electrons. The van der Waals surface area contributed by atoms with Crippen molar-refractivity contribution in [1.29, 1.82) is 0 Å². The van der Waals surface area contributed by atoms with Crippen LogP contribution in [0.3, 0.4) is 0 Å². The van der Waals surface area contributed by atoms with Crippen molar-refractivity contribution in [1.82, 2.24) is 0 Å². The summed E-state index contributed by atoms with van der Waals surface area (Å²) >= 11 is 0. The zero-order valence-electron chi connectivity index (χ0n) is 27.1. The molecule has 2 heterocycles. The third-order valence-electron chi connectivity index (χ3n) is 9.58. The second-order valence-electron chi connectivity index (χ2n) is 13.4. The molecular weight excluding hydrogens is 496 g/mol. The molecule has 0 N–H and O–H groups in total. The molecule has 2 aromatic carbocycles. The van der Waals surface area contributed by atoms with E-state index in [1.165, 1.54) is 111 Å². The lowest BCUT2D eigenvalue weighted by Crippen LogP contribution is -2.28. The van der Waals surface area contributed by atoms with Gasteiger partial charge in [-0.15, -0.1) is 0 Å². The van der Waals surface area contributed by atoms with Crippen molar-refractivity contribution in [2.24, 2.45) is 0 Å². The minimum Gasteiger partial charge on any atom is -0.344 e. The van der Waals surface area contributed by atoms with Gasteiger partial charge in [0.15, 0.2) is 5.71 Å². The quantitative estimate of drug-likeness (QED) is 0.148. The van der Waals surface area contributed by atoms with Crippen molar-refractivity contribution in [2.45, 2.75) is 129 Å². The predicted molar refractivity (Wildman–Crippen MR) is 180 cm³/mol. The Balaban J connectivity index is 1.58. The molecule has 4 rings (SSSR count). The summed E-state index contributed by atoms with van der Waals surface area (Å²) in [5.41, 5.74) is 8.57. The lowest BCUT2D eigenvalue weighted by molar-refractivity contribution is -0.438. The smallest absolute Gasteiger partial charge is 0.209 e. The van der Waals surface area contributed by atoms with Crippen LogP contribution in [0.4, 0.5) is 11.4 Å². The number of rotatable bonds is 16. The molecule has 41 heavy (non-hydrogen) atoms. The number of hydrogen-bond donors (Lipinski definition) is 0. The summed E-state index contributed by atoms with van der Waals surface area (Å²) in [6, 6.07) is 18.1. The van der Waals surface area contributed by atoms with Crippen LogP contribution in [0.5, 0.6) is 0 Å². The molecule has 0 spiro atoms. The standard InChI is InChI=1S/C39H57N2/c1-7-9-11-13-15-21-30-40-34-26-19-17-24-32(34)38(3,4)36(40)28-23-29-37-39(5,6)33-25-18-20-27-35(33)41(37)31-22-16-14-12-10-8-2/h17-20,23-29H,7-16,21-22,30-31H2,1-6H3/q+1. The number of nitrogens with zero attached hydrogens (tertiary/aromatic N) is 2. The summed E-state index contributed by atoms with van der Waals surface area (Å²) in [5.74, 6) is 0. The lowest BCUT2D eigenvalue weighted by Gasteiger charge is -2.27. The molecule has 0 fully saturated rings. The summed E-state index contributed by atoms with van der Waals surface area (Å²) in [6.45, 7) is 16.4. The Kier molecular flexibility index (Phi) is 11.1. The number of anilines is 1. The van der Waals surface area contributed by atoms with E-state index in [-0.39, 0.29) is 10.8 Å². The molecule has 0 saturated heterocycles. The van der Waals surface area contributed by atoms with E-state index in [9.17, 15) is 0 Å². The molecule has 0 aromatic heterocycles. The van der Waals surface area contributed by atoms with Crippen LogP contribution in [0.25, 0.3) is 0 Å². The number of unbranched alkanes of at least 4 members (excludes halogenated alkanes) is 10. The first kappa shape index (κ1) is 31.3. The molecule has 0 amide bonds. The number of hydrogen-bond acceptors (Lipinski definition) is 1. The first-order valence-electron chi connectivity index (χ1n) is 16.8. The van der Waals surface area contributed by atoms with Gasteiger partial charge in [-0.25, -0.2) is 0 Å². The van der Waals surface area contributed by atoms with Crippen molar-refractivity contribution >= 4 is 17.1 Å². The van der Waals surface area contributed by atoms with Gasteiger partial charge in [-0.1, -0.05) is 128 Å². The molecular formula is C39H57N2+. The molecule has 0 aliphatic carbocycles. The van der Waals surface area contributed by atoms with Gasteiger partial charge in [0.05, 0.1) is 5.41 Å². The Labute approximate surface area is 252 Å². The lowest BCUT2D eigenvalue weighted by atomic mass is 9.81. The highest BCUT2D eigenvalue weighted by Gasteiger charge is 2.44. The predicted octanol–water partition coefficient (Wildman–Crippen LogP) is 11.0. The van der Waals surface area contributed by atoms with E-state index < -0.39 is 0 Å². The highest BCUT2D eigenvalue weighted by atomic mass is 15.2. The second-order valence-corrected chi connectivity index (χ2v) is 13.4. The van der Waals surface area contributed by atoms with Crippen LogP contribution in [0.15, 0.2) is 72.5 Å². The fourth-order valence-corrected chi connectivity index (χ4v) is 7.09. The van der Waals surface area contributed by atoms with Gasteiger partial charge < -0.3 is 4.90 Å². The third kappa shape index (κ3) is 7.07. The molecule has 2 heteroatoms. The Morgan fingerprint density at radius 2 is 1.24 bits per heavy atom. The number of fused-ring (bicyclic) bond motifs is 2. The summed E-state index contributed by atoms with van der Waals surface area (Å²) < 4.78 is 2.62. The average Bonchev–Trinajstić information content (AvgIpc) is 3.31. The average molecular weight is 554 g/mol. The van der Waals surface area contributed by atoms with Gasteiger partial charge in [-0.3, -0.25) is 0 Å². The van der Waals surface area contributed by atoms with E-state index in [2.05, 4.69) is 118 Å². The van der Waals surface area contributed by atoms with Crippen molar-refractivity contribution in [2.75, 3.05) is 18.0 Å². The van der Waals surface area contributed by atoms with Crippen molar-refractivity contribution < 1.29 is 4.58 Å². The number of para-hydroxylation sites is 2. The zero-order chi connectivity index (χ0) is 29.3.